The van der Waals surface area contributed by atoms with E-state index in [-0.39, 0.29) is 6.79 Å². The van der Waals surface area contributed by atoms with Crippen molar-refractivity contribution in [2.75, 3.05) is 19.0 Å². The Labute approximate surface area is 145 Å². The van der Waals surface area contributed by atoms with Gasteiger partial charge in [0.25, 0.3) is 0 Å². The molecule has 0 saturated heterocycles. The highest BCUT2D eigenvalue weighted by Crippen LogP contribution is 2.37. The van der Waals surface area contributed by atoms with Crippen LogP contribution in [0.15, 0.2) is 35.4 Å². The van der Waals surface area contributed by atoms with Crippen molar-refractivity contribution in [3.63, 3.8) is 0 Å². The molecule has 0 N–H and O–H groups in total. The highest BCUT2D eigenvalue weighted by Gasteiger charge is 2.17. The minimum absolute atomic E-state index is 0.257. The third-order valence-electron chi connectivity index (χ3n) is 3.81. The average molecular weight is 351 g/mol. The van der Waals surface area contributed by atoms with Crippen LogP contribution in [0.5, 0.6) is 5.75 Å². The number of hydrogen-bond donors (Lipinski definition) is 0. The Hall–Kier alpha value is -1.11. The molecule has 3 rings (SSSR count). The highest BCUT2D eigenvalue weighted by atomic mass is 32.2. The number of aromatic nitrogens is 2. The minimum Gasteiger partial charge on any atom is -0.468 e. The summed E-state index contributed by atoms with van der Waals surface area (Å²) in [5.41, 5.74) is 2.04. The van der Waals surface area contributed by atoms with Crippen molar-refractivity contribution in [3.8, 4) is 17.0 Å². The van der Waals surface area contributed by atoms with Crippen LogP contribution in [0.1, 0.15) is 19.3 Å². The van der Waals surface area contributed by atoms with Crippen LogP contribution in [0.25, 0.3) is 11.3 Å². The molecule has 0 radical (unpaired) electrons. The topological polar surface area (TPSA) is 36.3 Å². The first kappa shape index (κ1) is 16.7. The van der Waals surface area contributed by atoms with Crippen LogP contribution in [-0.4, -0.2) is 34.0 Å². The van der Waals surface area contributed by atoms with E-state index in [9.17, 15) is 0 Å². The van der Waals surface area contributed by atoms with Crippen LogP contribution < -0.4 is 4.74 Å². The molecule has 1 heterocycles. The largest absolute Gasteiger partial charge is 0.468 e. The smallest absolute Gasteiger partial charge is 0.188 e. The molecule has 0 amide bonds. The summed E-state index contributed by atoms with van der Waals surface area (Å²) >= 11 is 3.93. The molecule has 0 unspecified atom stereocenters. The number of ether oxygens (including phenoxy) is 2. The van der Waals surface area contributed by atoms with Crippen LogP contribution >= 0.6 is 23.5 Å². The Morgan fingerprint density at radius 3 is 2.83 bits per heavy atom. The maximum atomic E-state index is 5.65. The molecule has 1 saturated carbocycles. The lowest BCUT2D eigenvalue weighted by Gasteiger charge is -2.24. The van der Waals surface area contributed by atoms with Gasteiger partial charge in [0, 0.05) is 41.1 Å². The minimum atomic E-state index is 0.257. The van der Waals surface area contributed by atoms with E-state index in [0.29, 0.717) is 0 Å². The highest BCUT2D eigenvalue weighted by molar-refractivity contribution is 8.16. The molecule has 0 spiro atoms. The van der Waals surface area contributed by atoms with Gasteiger partial charge in [0.2, 0.25) is 0 Å². The first-order valence-corrected chi connectivity index (χ1v) is 9.79. The quantitative estimate of drug-likeness (QED) is 0.521. The normalized spacial score (nSPS) is 14.7. The van der Waals surface area contributed by atoms with Gasteiger partial charge in [0.05, 0.1) is 5.69 Å². The fourth-order valence-electron chi connectivity index (χ4n) is 2.32. The van der Waals surface area contributed by atoms with Gasteiger partial charge in [-0.3, -0.25) is 4.68 Å². The molecule has 1 aromatic heterocycles. The van der Waals surface area contributed by atoms with Crippen molar-refractivity contribution in [3.05, 3.63) is 30.5 Å². The van der Waals surface area contributed by atoms with Crippen molar-refractivity contribution in [1.29, 1.82) is 0 Å². The zero-order chi connectivity index (χ0) is 16.1. The third-order valence-corrected chi connectivity index (χ3v) is 6.34. The Bertz CT molecular complexity index is 641. The molecular weight excluding hydrogens is 328 g/mol. The van der Waals surface area contributed by atoms with Crippen molar-refractivity contribution in [2.24, 2.45) is 7.05 Å². The van der Waals surface area contributed by atoms with Gasteiger partial charge in [-0.05, 0) is 37.1 Å². The molecule has 1 fully saturated rings. The Balaban J connectivity index is 1.73. The van der Waals surface area contributed by atoms with Crippen molar-refractivity contribution < 1.29 is 9.47 Å². The second-order valence-corrected chi connectivity index (χ2v) is 8.30. The summed E-state index contributed by atoms with van der Waals surface area (Å²) in [5, 5.41) is 6.44. The molecular formula is C17H22N2O2S2. The van der Waals surface area contributed by atoms with Gasteiger partial charge in [-0.1, -0.05) is 6.42 Å². The SMILES string of the molecule is COCOc1cc(SCSC2CCC2)cc(-c2ccn(C)n2)c1. The fourth-order valence-corrected chi connectivity index (χ4v) is 4.98. The van der Waals surface area contributed by atoms with E-state index < -0.39 is 0 Å². The van der Waals surface area contributed by atoms with Crippen molar-refractivity contribution in [2.45, 2.75) is 29.4 Å². The lowest BCUT2D eigenvalue weighted by Crippen LogP contribution is -2.12. The van der Waals surface area contributed by atoms with Gasteiger partial charge in [-0.2, -0.15) is 5.10 Å². The third kappa shape index (κ3) is 4.68. The van der Waals surface area contributed by atoms with Gasteiger partial charge >= 0.3 is 0 Å². The van der Waals surface area contributed by atoms with Crippen molar-refractivity contribution in [1.82, 2.24) is 9.78 Å². The maximum absolute atomic E-state index is 5.65. The van der Waals surface area contributed by atoms with Gasteiger partial charge < -0.3 is 9.47 Å². The molecule has 124 valence electrons. The predicted molar refractivity (Wildman–Crippen MR) is 97.1 cm³/mol. The first-order chi connectivity index (χ1) is 11.2. The molecule has 1 aliphatic carbocycles. The summed E-state index contributed by atoms with van der Waals surface area (Å²) in [6.07, 6.45) is 6.10. The Morgan fingerprint density at radius 2 is 2.17 bits per heavy atom. The van der Waals surface area contributed by atoms with E-state index in [1.54, 1.807) is 7.11 Å². The van der Waals surface area contributed by atoms with E-state index >= 15 is 0 Å². The van der Waals surface area contributed by atoms with Crippen LogP contribution in [0.2, 0.25) is 0 Å². The van der Waals surface area contributed by atoms with Gasteiger partial charge in [0.1, 0.15) is 5.75 Å². The van der Waals surface area contributed by atoms with Crippen LogP contribution in [-0.2, 0) is 11.8 Å². The fraction of sp³-hybridized carbons (Fsp3) is 0.471. The molecule has 0 bridgehead atoms. The Kier molecular flexibility index (Phi) is 5.91. The summed E-state index contributed by atoms with van der Waals surface area (Å²) in [7, 11) is 3.56. The predicted octanol–water partition coefficient (Wildman–Crippen LogP) is 4.41. The molecule has 23 heavy (non-hydrogen) atoms. The number of methoxy groups -OCH3 is 1. The summed E-state index contributed by atoms with van der Waals surface area (Å²) in [6.45, 7) is 0.257. The van der Waals surface area contributed by atoms with E-state index in [1.807, 2.05) is 41.8 Å². The summed E-state index contributed by atoms with van der Waals surface area (Å²) in [6, 6.07) is 8.31. The van der Waals surface area contributed by atoms with E-state index in [2.05, 4.69) is 29.0 Å². The zero-order valence-corrected chi connectivity index (χ0v) is 15.2. The van der Waals surface area contributed by atoms with Crippen molar-refractivity contribution >= 4 is 23.5 Å². The summed E-state index contributed by atoms with van der Waals surface area (Å²) in [5.74, 6) is 0.825. The van der Waals surface area contributed by atoms with Crippen LogP contribution in [0, 0.1) is 0 Å². The number of thioether (sulfide) groups is 2. The van der Waals surface area contributed by atoms with Gasteiger partial charge in [0.15, 0.2) is 6.79 Å². The monoisotopic (exact) mass is 350 g/mol. The average Bonchev–Trinajstić information content (AvgIpc) is 2.94. The van der Waals surface area contributed by atoms with Gasteiger partial charge in [-0.15, -0.1) is 23.5 Å². The first-order valence-electron chi connectivity index (χ1n) is 7.76. The van der Waals surface area contributed by atoms with E-state index in [0.717, 1.165) is 27.3 Å². The second kappa shape index (κ2) is 8.13. The second-order valence-electron chi connectivity index (χ2n) is 5.60. The summed E-state index contributed by atoms with van der Waals surface area (Å²) < 4.78 is 12.5. The van der Waals surface area contributed by atoms with Crippen LogP contribution in [0.4, 0.5) is 0 Å². The number of nitrogens with zero attached hydrogens (tertiary/aromatic N) is 2. The molecule has 0 atom stereocenters. The summed E-state index contributed by atoms with van der Waals surface area (Å²) in [4.78, 5) is 1.21. The molecule has 4 nitrogen and oxygen atoms in total. The van der Waals surface area contributed by atoms with E-state index in [1.165, 1.54) is 24.2 Å². The lowest BCUT2D eigenvalue weighted by atomic mass is 10.0. The molecule has 1 aliphatic rings. The number of hydrogen-bond acceptors (Lipinski definition) is 5. The molecule has 6 heteroatoms. The number of aryl methyl sites for hydroxylation is 1. The van der Waals surface area contributed by atoms with Crippen LogP contribution in [0.3, 0.4) is 0 Å². The Morgan fingerprint density at radius 1 is 1.30 bits per heavy atom. The van der Waals surface area contributed by atoms with Gasteiger partial charge in [-0.25, -0.2) is 0 Å². The standard InChI is InChI=1S/C17H22N2O2S2/c1-19-7-6-17(18-19)13-8-14(21-11-20-2)10-16(9-13)23-12-22-15-4-3-5-15/h6-10,15H,3-5,11-12H2,1-2H3. The molecule has 2 aromatic rings. The van der Waals surface area contributed by atoms with E-state index in [4.69, 9.17) is 9.47 Å². The lowest BCUT2D eigenvalue weighted by molar-refractivity contribution is 0.0510. The zero-order valence-electron chi connectivity index (χ0n) is 13.5. The number of rotatable bonds is 8. The number of benzene rings is 1. The maximum Gasteiger partial charge on any atom is 0.188 e. The molecule has 1 aromatic carbocycles. The molecule has 0 aliphatic heterocycles.